The maximum Gasteiger partial charge on any atom is 0.222 e. The van der Waals surface area contributed by atoms with Gasteiger partial charge in [-0.1, -0.05) is 0 Å². The number of rotatable bonds is 7. The van der Waals surface area contributed by atoms with E-state index in [9.17, 15) is 4.79 Å². The first-order valence-corrected chi connectivity index (χ1v) is 8.04. The second-order valence-corrected chi connectivity index (χ2v) is 5.98. The summed E-state index contributed by atoms with van der Waals surface area (Å²) in [6.45, 7) is 8.39. The number of ether oxygens (including phenoxy) is 1. The summed E-state index contributed by atoms with van der Waals surface area (Å²) in [6.07, 6.45) is 4.30. The summed E-state index contributed by atoms with van der Waals surface area (Å²) in [4.78, 5) is 16.7. The molecule has 0 spiro atoms. The molecule has 1 saturated carbocycles. The molecule has 0 aromatic carbocycles. The molecule has 2 rings (SSSR count). The van der Waals surface area contributed by atoms with Gasteiger partial charge < -0.3 is 15.4 Å². The van der Waals surface area contributed by atoms with E-state index in [4.69, 9.17) is 10.5 Å². The summed E-state index contributed by atoms with van der Waals surface area (Å²) < 4.78 is 5.54. The molecule has 0 radical (unpaired) electrons. The van der Waals surface area contributed by atoms with Crippen LogP contribution >= 0.6 is 0 Å². The predicted octanol–water partition coefficient (Wildman–Crippen LogP) is 0.685. The van der Waals surface area contributed by atoms with Crippen molar-refractivity contribution in [3.63, 3.8) is 0 Å². The Balaban J connectivity index is 1.60. The summed E-state index contributed by atoms with van der Waals surface area (Å²) >= 11 is 0. The monoisotopic (exact) mass is 283 g/mol. The number of amides is 1. The topological polar surface area (TPSA) is 58.8 Å². The van der Waals surface area contributed by atoms with Gasteiger partial charge in [-0.25, -0.2) is 0 Å². The Hall–Kier alpha value is -0.650. The Bertz CT molecular complexity index is 297. The number of hydrogen-bond acceptors (Lipinski definition) is 4. The van der Waals surface area contributed by atoms with E-state index in [0.29, 0.717) is 24.3 Å². The van der Waals surface area contributed by atoms with Crippen molar-refractivity contribution in [2.24, 2.45) is 11.7 Å². The van der Waals surface area contributed by atoms with Crippen LogP contribution in [0.2, 0.25) is 0 Å². The average molecular weight is 283 g/mol. The molecule has 1 aliphatic heterocycles. The van der Waals surface area contributed by atoms with Gasteiger partial charge in [0.25, 0.3) is 0 Å². The van der Waals surface area contributed by atoms with Gasteiger partial charge >= 0.3 is 0 Å². The zero-order chi connectivity index (χ0) is 14.4. The summed E-state index contributed by atoms with van der Waals surface area (Å²) in [5, 5.41) is 0. The molecule has 1 aliphatic carbocycles. The minimum Gasteiger partial charge on any atom is -0.378 e. The van der Waals surface area contributed by atoms with Gasteiger partial charge in [0.1, 0.15) is 0 Å². The Morgan fingerprint density at radius 1 is 1.25 bits per heavy atom. The van der Waals surface area contributed by atoms with Crippen LogP contribution in [0.5, 0.6) is 0 Å². The smallest absolute Gasteiger partial charge is 0.222 e. The standard InChI is InChI=1S/C15H29N3O2/c1-2-20-14-10-13(11-14)12-15(19)18-8-6-17(7-9-18)5-3-4-16/h13-14H,2-12,16H2,1H3. The first-order chi connectivity index (χ1) is 9.72. The molecule has 1 heterocycles. The second-order valence-electron chi connectivity index (χ2n) is 5.98. The molecule has 2 fully saturated rings. The lowest BCUT2D eigenvalue weighted by atomic mass is 9.79. The van der Waals surface area contributed by atoms with Crippen LogP contribution in [0.3, 0.4) is 0 Å². The van der Waals surface area contributed by atoms with Gasteiger partial charge in [-0.15, -0.1) is 0 Å². The summed E-state index contributed by atoms with van der Waals surface area (Å²) in [5.41, 5.74) is 5.53. The molecule has 1 amide bonds. The van der Waals surface area contributed by atoms with Crippen LogP contribution in [-0.4, -0.2) is 67.7 Å². The van der Waals surface area contributed by atoms with E-state index in [2.05, 4.69) is 4.90 Å². The van der Waals surface area contributed by atoms with Crippen molar-refractivity contribution in [2.75, 3.05) is 45.9 Å². The Morgan fingerprint density at radius 2 is 1.95 bits per heavy atom. The lowest BCUT2D eigenvalue weighted by Gasteiger charge is -2.38. The van der Waals surface area contributed by atoms with Crippen LogP contribution < -0.4 is 5.73 Å². The highest BCUT2D eigenvalue weighted by molar-refractivity contribution is 5.76. The van der Waals surface area contributed by atoms with E-state index in [1.807, 2.05) is 11.8 Å². The highest BCUT2D eigenvalue weighted by Gasteiger charge is 2.32. The minimum absolute atomic E-state index is 0.337. The maximum absolute atomic E-state index is 12.2. The molecule has 2 aliphatic rings. The third kappa shape index (κ3) is 4.43. The molecule has 0 bridgehead atoms. The van der Waals surface area contributed by atoms with Crippen molar-refractivity contribution in [1.82, 2.24) is 9.80 Å². The largest absolute Gasteiger partial charge is 0.378 e. The fraction of sp³-hybridized carbons (Fsp3) is 0.933. The second kappa shape index (κ2) is 7.96. The first-order valence-electron chi connectivity index (χ1n) is 8.04. The SMILES string of the molecule is CCOC1CC(CC(=O)N2CCN(CCCN)CC2)C1. The predicted molar refractivity (Wildman–Crippen MR) is 79.4 cm³/mol. The fourth-order valence-electron chi connectivity index (χ4n) is 3.12. The summed E-state index contributed by atoms with van der Waals surface area (Å²) in [7, 11) is 0. The van der Waals surface area contributed by atoms with Crippen molar-refractivity contribution < 1.29 is 9.53 Å². The van der Waals surface area contributed by atoms with Crippen molar-refractivity contribution in [3.05, 3.63) is 0 Å². The number of carbonyl (C=O) groups is 1. The summed E-state index contributed by atoms with van der Waals surface area (Å²) in [5.74, 6) is 0.887. The van der Waals surface area contributed by atoms with Crippen molar-refractivity contribution in [3.8, 4) is 0 Å². The minimum atomic E-state index is 0.337. The van der Waals surface area contributed by atoms with E-state index in [1.165, 1.54) is 0 Å². The van der Waals surface area contributed by atoms with Gasteiger partial charge in [0.15, 0.2) is 0 Å². The average Bonchev–Trinajstić information content (AvgIpc) is 2.43. The first kappa shape index (κ1) is 15.7. The van der Waals surface area contributed by atoms with E-state index in [-0.39, 0.29) is 0 Å². The lowest BCUT2D eigenvalue weighted by molar-refractivity contribution is -0.136. The van der Waals surface area contributed by atoms with Crippen LogP contribution in [0.1, 0.15) is 32.6 Å². The van der Waals surface area contributed by atoms with Crippen LogP contribution in [0.15, 0.2) is 0 Å². The number of hydrogen-bond donors (Lipinski definition) is 1. The molecule has 0 aromatic rings. The van der Waals surface area contributed by atoms with Gasteiger partial charge in [-0.05, 0) is 45.2 Å². The van der Waals surface area contributed by atoms with Crippen LogP contribution in [0, 0.1) is 5.92 Å². The van der Waals surface area contributed by atoms with Crippen molar-refractivity contribution in [1.29, 1.82) is 0 Å². The van der Waals surface area contributed by atoms with Crippen molar-refractivity contribution >= 4 is 5.91 Å². The molecule has 5 nitrogen and oxygen atoms in total. The van der Waals surface area contributed by atoms with Gasteiger partial charge in [0.2, 0.25) is 5.91 Å². The number of nitrogens with two attached hydrogens (primary N) is 1. The Kier molecular flexibility index (Phi) is 6.26. The lowest BCUT2D eigenvalue weighted by Crippen LogP contribution is -2.49. The molecule has 0 unspecified atom stereocenters. The van der Waals surface area contributed by atoms with Gasteiger partial charge in [-0.2, -0.15) is 0 Å². The molecule has 2 N–H and O–H groups in total. The third-order valence-electron chi connectivity index (χ3n) is 4.46. The van der Waals surface area contributed by atoms with Crippen LogP contribution in [0.25, 0.3) is 0 Å². The molecular weight excluding hydrogens is 254 g/mol. The van der Waals surface area contributed by atoms with Gasteiger partial charge in [-0.3, -0.25) is 9.69 Å². The zero-order valence-electron chi connectivity index (χ0n) is 12.7. The molecule has 1 saturated heterocycles. The Labute approximate surface area is 122 Å². The zero-order valence-corrected chi connectivity index (χ0v) is 12.7. The van der Waals surface area contributed by atoms with Gasteiger partial charge in [0.05, 0.1) is 6.10 Å². The number of nitrogens with zero attached hydrogens (tertiary/aromatic N) is 2. The van der Waals surface area contributed by atoms with E-state index in [0.717, 1.165) is 65.1 Å². The van der Waals surface area contributed by atoms with E-state index < -0.39 is 0 Å². The van der Waals surface area contributed by atoms with Crippen LogP contribution in [-0.2, 0) is 9.53 Å². The highest BCUT2D eigenvalue weighted by atomic mass is 16.5. The molecular formula is C15H29N3O2. The number of carbonyl (C=O) groups excluding carboxylic acids is 1. The Morgan fingerprint density at radius 3 is 2.55 bits per heavy atom. The summed E-state index contributed by atoms with van der Waals surface area (Å²) in [6, 6.07) is 0. The van der Waals surface area contributed by atoms with Crippen LogP contribution in [0.4, 0.5) is 0 Å². The highest BCUT2D eigenvalue weighted by Crippen LogP contribution is 2.33. The molecule has 20 heavy (non-hydrogen) atoms. The molecule has 0 atom stereocenters. The molecule has 5 heteroatoms. The van der Waals surface area contributed by atoms with Gasteiger partial charge in [0, 0.05) is 39.2 Å². The van der Waals surface area contributed by atoms with E-state index in [1.54, 1.807) is 0 Å². The maximum atomic E-state index is 12.2. The third-order valence-corrected chi connectivity index (χ3v) is 4.46. The number of piperazine rings is 1. The fourth-order valence-corrected chi connectivity index (χ4v) is 3.12. The van der Waals surface area contributed by atoms with Crippen molar-refractivity contribution in [2.45, 2.75) is 38.7 Å². The molecule has 0 aromatic heterocycles. The molecule has 116 valence electrons. The van der Waals surface area contributed by atoms with E-state index >= 15 is 0 Å². The quantitative estimate of drug-likeness (QED) is 0.746. The normalized spacial score (nSPS) is 27.4.